The molecule has 4 rings (SSSR count). The molecule has 2 aliphatic rings. The van der Waals surface area contributed by atoms with Crippen molar-refractivity contribution in [2.24, 2.45) is 11.3 Å². The third-order valence-electron chi connectivity index (χ3n) is 6.07. The number of halogens is 2. The minimum atomic E-state index is -1.13. The van der Waals surface area contributed by atoms with Crippen LogP contribution in [0, 0.1) is 17.2 Å². The molecular weight excluding hydrogens is 393 g/mol. The van der Waals surface area contributed by atoms with Crippen LogP contribution in [-0.2, 0) is 9.59 Å². The Balaban J connectivity index is 1.88. The second kappa shape index (κ2) is 6.85. The number of rotatable bonds is 3. The smallest absolute Gasteiger partial charge is 0.241 e. The van der Waals surface area contributed by atoms with Gasteiger partial charge in [-0.05, 0) is 43.2 Å². The summed E-state index contributed by atoms with van der Waals surface area (Å²) in [5, 5.41) is 10.3. The maximum atomic E-state index is 13.7. The number of imide groups is 1. The molecule has 29 heavy (non-hydrogen) atoms. The average molecular weight is 412 g/mol. The van der Waals surface area contributed by atoms with Gasteiger partial charge in [0.1, 0.15) is 11.6 Å². The number of para-hydroxylation sites is 1. The lowest BCUT2D eigenvalue weighted by Gasteiger charge is -2.40. The van der Waals surface area contributed by atoms with Crippen LogP contribution in [0.5, 0.6) is 5.75 Å². The van der Waals surface area contributed by atoms with Crippen molar-refractivity contribution in [1.82, 2.24) is 0 Å². The lowest BCUT2D eigenvalue weighted by molar-refractivity contribution is -0.127. The summed E-state index contributed by atoms with van der Waals surface area (Å²) < 4.78 is 13.6. The first-order chi connectivity index (χ1) is 13.8. The second-order valence-electron chi connectivity index (χ2n) is 7.55. The third kappa shape index (κ3) is 2.72. The highest BCUT2D eigenvalue weighted by molar-refractivity contribution is 6.31. The van der Waals surface area contributed by atoms with Gasteiger partial charge in [-0.25, -0.2) is 9.29 Å². The molecule has 6 heteroatoms. The van der Waals surface area contributed by atoms with Gasteiger partial charge in [0.2, 0.25) is 11.8 Å². The molecule has 0 spiro atoms. The standard InChI is InChI=1S/C23H19ClFNO3/c1-3-13-8-10-16-21(28)26(14-9-11-18(25)17(24)12-14)22(29)23(16,2)20(13)15-6-4-5-7-19(15)27/h3-9,11-12,16,20,27H,1,10H2,2H3. The van der Waals surface area contributed by atoms with E-state index in [1.807, 2.05) is 6.08 Å². The summed E-state index contributed by atoms with van der Waals surface area (Å²) in [5.41, 5.74) is 0.448. The largest absolute Gasteiger partial charge is 0.508 e. The third-order valence-corrected chi connectivity index (χ3v) is 6.36. The van der Waals surface area contributed by atoms with Gasteiger partial charge < -0.3 is 5.11 Å². The molecule has 0 saturated carbocycles. The molecule has 0 bridgehead atoms. The topological polar surface area (TPSA) is 57.6 Å². The number of carbonyl (C=O) groups is 2. The number of fused-ring (bicyclic) bond motifs is 1. The zero-order valence-electron chi connectivity index (χ0n) is 15.7. The van der Waals surface area contributed by atoms with Gasteiger partial charge >= 0.3 is 0 Å². The molecule has 3 unspecified atom stereocenters. The van der Waals surface area contributed by atoms with E-state index in [0.717, 1.165) is 16.5 Å². The number of benzene rings is 2. The molecule has 0 radical (unpaired) electrons. The first kappa shape index (κ1) is 19.4. The van der Waals surface area contributed by atoms with Gasteiger partial charge in [-0.2, -0.15) is 0 Å². The van der Waals surface area contributed by atoms with Crippen LogP contribution in [-0.4, -0.2) is 16.9 Å². The fourth-order valence-electron chi connectivity index (χ4n) is 4.59. The number of hydrogen-bond acceptors (Lipinski definition) is 3. The Labute approximate surface area is 172 Å². The molecule has 3 atom stereocenters. The molecule has 1 aliphatic carbocycles. The fraction of sp³-hybridized carbons (Fsp3) is 0.217. The first-order valence-corrected chi connectivity index (χ1v) is 9.62. The highest BCUT2D eigenvalue weighted by atomic mass is 35.5. The van der Waals surface area contributed by atoms with Crippen molar-refractivity contribution in [1.29, 1.82) is 0 Å². The van der Waals surface area contributed by atoms with Crippen LogP contribution < -0.4 is 4.90 Å². The van der Waals surface area contributed by atoms with E-state index in [2.05, 4.69) is 6.58 Å². The molecule has 4 nitrogen and oxygen atoms in total. The van der Waals surface area contributed by atoms with Gasteiger partial charge in [-0.15, -0.1) is 0 Å². The van der Waals surface area contributed by atoms with Crippen molar-refractivity contribution < 1.29 is 19.1 Å². The van der Waals surface area contributed by atoms with Crippen LogP contribution in [0.1, 0.15) is 24.8 Å². The molecule has 1 aliphatic heterocycles. The number of anilines is 1. The maximum absolute atomic E-state index is 13.7. The van der Waals surface area contributed by atoms with Crippen LogP contribution in [0.2, 0.25) is 5.02 Å². The Morgan fingerprint density at radius 3 is 2.66 bits per heavy atom. The summed E-state index contributed by atoms with van der Waals surface area (Å²) in [6.07, 6.45) is 3.93. The van der Waals surface area contributed by atoms with Gasteiger partial charge in [0.05, 0.1) is 22.0 Å². The quantitative estimate of drug-likeness (QED) is 0.724. The SMILES string of the molecule is C=CC1=CCC2C(=O)N(c3ccc(F)c(Cl)c3)C(=O)C2(C)C1c1ccccc1O. The van der Waals surface area contributed by atoms with Crippen molar-refractivity contribution in [2.75, 3.05) is 4.90 Å². The minimum Gasteiger partial charge on any atom is -0.508 e. The van der Waals surface area contributed by atoms with Gasteiger partial charge in [-0.3, -0.25) is 9.59 Å². The van der Waals surface area contributed by atoms with E-state index in [1.165, 1.54) is 12.1 Å². The summed E-state index contributed by atoms with van der Waals surface area (Å²) in [6, 6.07) is 10.6. The summed E-state index contributed by atoms with van der Waals surface area (Å²) in [4.78, 5) is 28.0. The molecular formula is C23H19ClFNO3. The predicted octanol–water partition coefficient (Wildman–Crippen LogP) is 4.98. The number of phenolic OH excluding ortho intramolecular Hbond substituents is 1. The predicted molar refractivity (Wildman–Crippen MR) is 109 cm³/mol. The Bertz CT molecular complexity index is 1080. The number of carbonyl (C=O) groups excluding carboxylic acids is 2. The van der Waals surface area contributed by atoms with Gasteiger partial charge in [-0.1, -0.05) is 48.5 Å². The summed E-state index contributed by atoms with van der Waals surface area (Å²) in [5.74, 6) is -2.50. The molecule has 2 aromatic carbocycles. The van der Waals surface area contributed by atoms with Crippen LogP contribution in [0.3, 0.4) is 0 Å². The van der Waals surface area contributed by atoms with Crippen molar-refractivity contribution in [3.05, 3.63) is 83.2 Å². The van der Waals surface area contributed by atoms with Gasteiger partial charge in [0.25, 0.3) is 0 Å². The van der Waals surface area contributed by atoms with Crippen LogP contribution in [0.4, 0.5) is 10.1 Å². The number of allylic oxidation sites excluding steroid dienone is 3. The second-order valence-corrected chi connectivity index (χ2v) is 7.96. The van der Waals surface area contributed by atoms with E-state index in [-0.39, 0.29) is 22.4 Å². The summed E-state index contributed by atoms with van der Waals surface area (Å²) in [6.45, 7) is 5.61. The molecule has 2 amide bonds. The van der Waals surface area contributed by atoms with E-state index < -0.39 is 29.0 Å². The van der Waals surface area contributed by atoms with Crippen LogP contribution >= 0.6 is 11.6 Å². The summed E-state index contributed by atoms with van der Waals surface area (Å²) in [7, 11) is 0. The Morgan fingerprint density at radius 1 is 1.28 bits per heavy atom. The van der Waals surface area contributed by atoms with Crippen molar-refractivity contribution in [3.63, 3.8) is 0 Å². The zero-order chi connectivity index (χ0) is 20.9. The average Bonchev–Trinajstić information content (AvgIpc) is 2.90. The van der Waals surface area contributed by atoms with Crippen LogP contribution in [0.25, 0.3) is 0 Å². The first-order valence-electron chi connectivity index (χ1n) is 9.24. The molecule has 0 aromatic heterocycles. The van der Waals surface area contributed by atoms with E-state index >= 15 is 0 Å². The number of hydrogen-bond donors (Lipinski definition) is 1. The lowest BCUT2D eigenvalue weighted by atomic mass is 9.60. The highest BCUT2D eigenvalue weighted by Crippen LogP contribution is 2.57. The van der Waals surface area contributed by atoms with E-state index in [1.54, 1.807) is 37.3 Å². The number of phenols is 1. The minimum absolute atomic E-state index is 0.0515. The van der Waals surface area contributed by atoms with Gasteiger partial charge in [0.15, 0.2) is 0 Å². The van der Waals surface area contributed by atoms with E-state index in [4.69, 9.17) is 11.6 Å². The Kier molecular flexibility index (Phi) is 4.58. The highest BCUT2D eigenvalue weighted by Gasteiger charge is 2.62. The van der Waals surface area contributed by atoms with Crippen molar-refractivity contribution in [3.8, 4) is 5.75 Å². The Morgan fingerprint density at radius 2 is 2.00 bits per heavy atom. The maximum Gasteiger partial charge on any atom is 0.241 e. The molecule has 148 valence electrons. The molecule has 1 heterocycles. The monoisotopic (exact) mass is 411 g/mol. The lowest BCUT2D eigenvalue weighted by Crippen LogP contribution is -2.41. The number of aromatic hydroxyl groups is 1. The van der Waals surface area contributed by atoms with Gasteiger partial charge in [0, 0.05) is 11.5 Å². The normalized spacial score (nSPS) is 26.3. The molecule has 1 N–H and O–H groups in total. The number of amides is 2. The van der Waals surface area contributed by atoms with E-state index in [0.29, 0.717) is 12.0 Å². The van der Waals surface area contributed by atoms with Crippen molar-refractivity contribution >= 4 is 29.1 Å². The number of nitrogens with zero attached hydrogens (tertiary/aromatic N) is 1. The molecule has 2 aromatic rings. The molecule has 1 saturated heterocycles. The fourth-order valence-corrected chi connectivity index (χ4v) is 4.77. The summed E-state index contributed by atoms with van der Waals surface area (Å²) >= 11 is 5.89. The van der Waals surface area contributed by atoms with Crippen LogP contribution in [0.15, 0.2) is 66.8 Å². The van der Waals surface area contributed by atoms with E-state index in [9.17, 15) is 19.1 Å². The molecule has 1 fully saturated rings. The zero-order valence-corrected chi connectivity index (χ0v) is 16.5. The van der Waals surface area contributed by atoms with Crippen molar-refractivity contribution in [2.45, 2.75) is 19.3 Å². The Hall–Kier alpha value is -2.92.